The average molecular weight is 571 g/mol. The van der Waals surface area contributed by atoms with Crippen molar-refractivity contribution < 1.29 is 8.83 Å². The molecule has 0 radical (unpaired) electrons. The molecule has 2 heterocycles. The van der Waals surface area contributed by atoms with Crippen LogP contribution >= 0.6 is 0 Å². The van der Waals surface area contributed by atoms with Crippen LogP contribution < -0.4 is 0 Å². The summed E-state index contributed by atoms with van der Waals surface area (Å²) in [5, 5.41) is 5.86. The number of furan rings is 1. The van der Waals surface area contributed by atoms with E-state index < -0.39 is 0 Å². The lowest BCUT2D eigenvalue weighted by atomic mass is 9.85. The van der Waals surface area contributed by atoms with Gasteiger partial charge in [0.1, 0.15) is 16.9 Å². The van der Waals surface area contributed by atoms with Crippen molar-refractivity contribution in [3.63, 3.8) is 0 Å². The second kappa shape index (κ2) is 10.1. The number of para-hydroxylation sites is 2. The molecule has 4 heteroatoms. The van der Waals surface area contributed by atoms with Gasteiger partial charge in [-0.15, -0.1) is 0 Å². The van der Waals surface area contributed by atoms with Crippen molar-refractivity contribution in [1.82, 2.24) is 4.98 Å². The van der Waals surface area contributed by atoms with Crippen molar-refractivity contribution in [3.8, 4) is 22.8 Å². The fourth-order valence-electron chi connectivity index (χ4n) is 5.98. The van der Waals surface area contributed by atoms with Gasteiger partial charge in [0.15, 0.2) is 5.58 Å². The molecule has 0 saturated carbocycles. The number of aliphatic imine (C=N–C) groups is 1. The van der Waals surface area contributed by atoms with Crippen LogP contribution in [0.1, 0.15) is 31.9 Å². The Hall–Kier alpha value is -5.48. The minimum absolute atomic E-state index is 0.0905. The van der Waals surface area contributed by atoms with E-state index in [1.54, 1.807) is 0 Å². The third kappa shape index (κ3) is 4.47. The van der Waals surface area contributed by atoms with Gasteiger partial charge in [0, 0.05) is 22.7 Å². The summed E-state index contributed by atoms with van der Waals surface area (Å²) < 4.78 is 12.8. The van der Waals surface area contributed by atoms with E-state index in [0.29, 0.717) is 5.89 Å². The summed E-state index contributed by atoms with van der Waals surface area (Å²) in [7, 11) is 0. The number of aromatic nitrogens is 1. The second-order valence-electron chi connectivity index (χ2n) is 12.3. The van der Waals surface area contributed by atoms with Gasteiger partial charge in [0.25, 0.3) is 0 Å². The molecule has 0 aliphatic heterocycles. The highest BCUT2D eigenvalue weighted by Gasteiger charge is 2.23. The number of nitrogens with zero attached hydrogens (tertiary/aromatic N) is 2. The van der Waals surface area contributed by atoms with Crippen LogP contribution in [-0.4, -0.2) is 11.2 Å². The average Bonchev–Trinajstić information content (AvgIpc) is 3.68. The monoisotopic (exact) mass is 570 g/mol. The molecule has 0 N–H and O–H groups in total. The third-order valence-electron chi connectivity index (χ3n) is 8.33. The zero-order valence-electron chi connectivity index (χ0n) is 24.8. The first-order chi connectivity index (χ1) is 21.4. The number of benzene rings is 6. The summed E-state index contributed by atoms with van der Waals surface area (Å²) in [6, 6.07) is 41.6. The van der Waals surface area contributed by atoms with E-state index in [9.17, 15) is 0 Å². The molecule has 4 nitrogen and oxygen atoms in total. The van der Waals surface area contributed by atoms with E-state index >= 15 is 0 Å². The molecular formula is C40H30N2O2. The molecular weight excluding hydrogens is 540 g/mol. The summed E-state index contributed by atoms with van der Waals surface area (Å²) in [4.78, 5) is 10.1. The van der Waals surface area contributed by atoms with Crippen LogP contribution in [0, 0.1) is 0 Å². The zero-order chi connectivity index (χ0) is 29.8. The fourth-order valence-corrected chi connectivity index (χ4v) is 5.98. The van der Waals surface area contributed by atoms with E-state index in [2.05, 4.69) is 99.6 Å². The van der Waals surface area contributed by atoms with Gasteiger partial charge < -0.3 is 8.83 Å². The number of fused-ring (bicyclic) bond motifs is 5. The molecule has 44 heavy (non-hydrogen) atoms. The van der Waals surface area contributed by atoms with Crippen molar-refractivity contribution in [2.45, 2.75) is 26.2 Å². The van der Waals surface area contributed by atoms with E-state index in [4.69, 9.17) is 18.8 Å². The number of oxazole rings is 1. The lowest BCUT2D eigenvalue weighted by molar-refractivity contribution is 0.583. The molecule has 0 fully saturated rings. The quantitative estimate of drug-likeness (QED) is 0.156. The molecule has 2 aromatic heterocycles. The first-order valence-electron chi connectivity index (χ1n) is 14.9. The van der Waals surface area contributed by atoms with Crippen molar-refractivity contribution in [1.29, 1.82) is 0 Å². The van der Waals surface area contributed by atoms with Gasteiger partial charge in [-0.05, 0) is 75.0 Å². The maximum atomic E-state index is 6.52. The molecule has 0 amide bonds. The standard InChI is InChI=1S/C40H30N2O2/c1-40(2,3)28-22-33(36-21-26-13-5-11-19-35(26)43-36)38-37(23-28)44-39(42-38)32-17-9-10-18-34(32)41-24-27-20-25-12-4-6-14-29(25)31-16-8-7-15-30(27)31/h4-24H,1-3H3. The van der Waals surface area contributed by atoms with Crippen LogP contribution in [0.25, 0.3) is 66.4 Å². The van der Waals surface area contributed by atoms with E-state index in [0.717, 1.165) is 55.8 Å². The number of hydrogen-bond acceptors (Lipinski definition) is 4. The van der Waals surface area contributed by atoms with Gasteiger partial charge in [-0.2, -0.15) is 0 Å². The van der Waals surface area contributed by atoms with Gasteiger partial charge in [0.2, 0.25) is 5.89 Å². The minimum atomic E-state index is -0.0905. The van der Waals surface area contributed by atoms with Gasteiger partial charge in [-0.1, -0.05) is 99.6 Å². The molecule has 0 aliphatic rings. The summed E-state index contributed by atoms with van der Waals surface area (Å²) in [5.41, 5.74) is 7.01. The third-order valence-corrected chi connectivity index (χ3v) is 8.33. The summed E-state index contributed by atoms with van der Waals surface area (Å²) in [5.74, 6) is 1.30. The Labute approximate surface area is 255 Å². The predicted molar refractivity (Wildman–Crippen MR) is 182 cm³/mol. The molecule has 0 unspecified atom stereocenters. The highest BCUT2D eigenvalue weighted by Crippen LogP contribution is 2.40. The van der Waals surface area contributed by atoms with Crippen molar-refractivity contribution >= 4 is 55.5 Å². The normalized spacial score (nSPS) is 12.3. The molecule has 0 bridgehead atoms. The molecule has 8 aromatic rings. The van der Waals surface area contributed by atoms with Gasteiger partial charge >= 0.3 is 0 Å². The highest BCUT2D eigenvalue weighted by molar-refractivity contribution is 6.14. The smallest absolute Gasteiger partial charge is 0.229 e. The summed E-state index contributed by atoms with van der Waals surface area (Å²) in [6.45, 7) is 6.61. The Morgan fingerprint density at radius 3 is 2.14 bits per heavy atom. The predicted octanol–water partition coefficient (Wildman–Crippen LogP) is 11.3. The van der Waals surface area contributed by atoms with E-state index in [1.807, 2.05) is 48.7 Å². The molecule has 8 rings (SSSR count). The van der Waals surface area contributed by atoms with Gasteiger partial charge in [-0.25, -0.2) is 4.98 Å². The molecule has 212 valence electrons. The molecule has 6 aromatic carbocycles. The first kappa shape index (κ1) is 26.2. The first-order valence-corrected chi connectivity index (χ1v) is 14.9. The topological polar surface area (TPSA) is 51.5 Å². The fraction of sp³-hybridized carbons (Fsp3) is 0.100. The van der Waals surface area contributed by atoms with Crippen LogP contribution in [0.5, 0.6) is 0 Å². The molecule has 0 saturated heterocycles. The molecule has 0 aliphatic carbocycles. The Bertz CT molecular complexity index is 2350. The van der Waals surface area contributed by atoms with Crippen molar-refractivity contribution in [2.24, 2.45) is 4.99 Å². The lowest BCUT2D eigenvalue weighted by Crippen LogP contribution is -2.11. The second-order valence-corrected chi connectivity index (χ2v) is 12.3. The van der Waals surface area contributed by atoms with Crippen LogP contribution in [0.4, 0.5) is 5.69 Å². The van der Waals surface area contributed by atoms with Crippen LogP contribution in [0.3, 0.4) is 0 Å². The molecule has 0 atom stereocenters. The highest BCUT2D eigenvalue weighted by atomic mass is 16.4. The van der Waals surface area contributed by atoms with Crippen molar-refractivity contribution in [2.75, 3.05) is 0 Å². The Kier molecular flexibility index (Phi) is 5.98. The van der Waals surface area contributed by atoms with Crippen LogP contribution in [0.15, 0.2) is 135 Å². The Morgan fingerprint density at radius 2 is 1.32 bits per heavy atom. The van der Waals surface area contributed by atoms with E-state index in [-0.39, 0.29) is 5.41 Å². The molecule has 0 spiro atoms. The maximum absolute atomic E-state index is 6.52. The van der Waals surface area contributed by atoms with Crippen LogP contribution in [-0.2, 0) is 5.41 Å². The van der Waals surface area contributed by atoms with Gasteiger partial charge in [-0.3, -0.25) is 4.99 Å². The maximum Gasteiger partial charge on any atom is 0.229 e. The number of hydrogen-bond donors (Lipinski definition) is 0. The Morgan fingerprint density at radius 1 is 0.614 bits per heavy atom. The largest absolute Gasteiger partial charge is 0.456 e. The van der Waals surface area contributed by atoms with Crippen LogP contribution in [0.2, 0.25) is 0 Å². The zero-order valence-corrected chi connectivity index (χ0v) is 24.8. The van der Waals surface area contributed by atoms with Gasteiger partial charge in [0.05, 0.1) is 11.3 Å². The minimum Gasteiger partial charge on any atom is -0.456 e. The number of rotatable bonds is 4. The Balaban J connectivity index is 1.27. The van der Waals surface area contributed by atoms with Crippen molar-refractivity contribution in [3.05, 3.63) is 132 Å². The lowest BCUT2D eigenvalue weighted by Gasteiger charge is -2.19. The SMILES string of the molecule is CC(C)(C)c1cc(-c2cc3ccccc3o2)c2nc(-c3ccccc3N=Cc3cc4ccccc4c4ccccc34)oc2c1. The van der Waals surface area contributed by atoms with E-state index in [1.165, 1.54) is 21.5 Å². The summed E-state index contributed by atoms with van der Waals surface area (Å²) in [6.07, 6.45) is 1.95. The summed E-state index contributed by atoms with van der Waals surface area (Å²) >= 11 is 0.